The van der Waals surface area contributed by atoms with E-state index in [2.05, 4.69) is 4.98 Å². The number of halogens is 2. The molecule has 20 heavy (non-hydrogen) atoms. The molecule has 0 spiro atoms. The van der Waals surface area contributed by atoms with Crippen molar-refractivity contribution in [3.63, 3.8) is 0 Å². The molecule has 1 unspecified atom stereocenters. The zero-order chi connectivity index (χ0) is 14.7. The molecule has 0 amide bonds. The number of aromatic nitrogens is 1. The van der Waals surface area contributed by atoms with Crippen LogP contribution in [-0.2, 0) is 6.42 Å². The average molecular weight is 278 g/mol. The van der Waals surface area contributed by atoms with Gasteiger partial charge in [0, 0.05) is 11.7 Å². The van der Waals surface area contributed by atoms with E-state index in [1.54, 1.807) is 19.1 Å². The number of hydrogen-bond donors (Lipinski definition) is 1. The SMILES string of the molecule is Cc1ccc(Oc2c(F)cc(CC(C)N)cc2F)cn1. The number of rotatable bonds is 4. The molecular weight excluding hydrogens is 262 g/mol. The van der Waals surface area contributed by atoms with Crippen molar-refractivity contribution >= 4 is 0 Å². The zero-order valence-electron chi connectivity index (χ0n) is 11.4. The van der Waals surface area contributed by atoms with Gasteiger partial charge in [-0.15, -0.1) is 0 Å². The molecule has 1 aromatic heterocycles. The number of nitrogens with two attached hydrogens (primary N) is 1. The number of hydrogen-bond acceptors (Lipinski definition) is 3. The Hall–Kier alpha value is -2.01. The summed E-state index contributed by atoms with van der Waals surface area (Å²) < 4.78 is 33.0. The van der Waals surface area contributed by atoms with Crippen LogP contribution in [0.2, 0.25) is 0 Å². The Kier molecular flexibility index (Phi) is 4.29. The number of nitrogens with zero attached hydrogens (tertiary/aromatic N) is 1. The first-order chi connectivity index (χ1) is 9.45. The minimum absolute atomic E-state index is 0.165. The summed E-state index contributed by atoms with van der Waals surface area (Å²) in [5.41, 5.74) is 6.92. The number of ether oxygens (including phenoxy) is 1. The second kappa shape index (κ2) is 5.96. The largest absolute Gasteiger partial charge is 0.450 e. The first kappa shape index (κ1) is 14.4. The molecular formula is C15H16F2N2O. The predicted molar refractivity (Wildman–Crippen MR) is 72.8 cm³/mol. The molecule has 0 aliphatic rings. The van der Waals surface area contributed by atoms with E-state index >= 15 is 0 Å². The standard InChI is InChI=1S/C15H16F2N2O/c1-9(18)5-11-6-13(16)15(14(17)7-11)20-12-4-3-10(2)19-8-12/h3-4,6-9H,5,18H2,1-2H3. The third-order valence-electron chi connectivity index (χ3n) is 2.72. The molecule has 0 aliphatic carbocycles. The quantitative estimate of drug-likeness (QED) is 0.933. The summed E-state index contributed by atoms with van der Waals surface area (Å²) in [5.74, 6) is -1.64. The van der Waals surface area contributed by atoms with E-state index in [0.717, 1.165) is 5.69 Å². The van der Waals surface area contributed by atoms with Gasteiger partial charge in [0.05, 0.1) is 6.20 Å². The summed E-state index contributed by atoms with van der Waals surface area (Å²) in [6, 6.07) is 5.63. The molecule has 5 heteroatoms. The fourth-order valence-electron chi connectivity index (χ4n) is 1.83. The minimum atomic E-state index is -0.749. The maximum atomic E-state index is 13.9. The van der Waals surface area contributed by atoms with Crippen LogP contribution in [0.1, 0.15) is 18.2 Å². The molecule has 0 fully saturated rings. The van der Waals surface area contributed by atoms with Gasteiger partial charge >= 0.3 is 0 Å². The van der Waals surface area contributed by atoms with Gasteiger partial charge in [-0.05, 0) is 50.1 Å². The van der Waals surface area contributed by atoms with Crippen LogP contribution in [0.15, 0.2) is 30.5 Å². The summed E-state index contributed by atoms with van der Waals surface area (Å²) in [4.78, 5) is 4.01. The third-order valence-corrected chi connectivity index (χ3v) is 2.72. The van der Waals surface area contributed by atoms with E-state index in [0.29, 0.717) is 12.0 Å². The number of benzene rings is 1. The van der Waals surface area contributed by atoms with Gasteiger partial charge in [-0.25, -0.2) is 8.78 Å². The van der Waals surface area contributed by atoms with Gasteiger partial charge in [0.15, 0.2) is 17.4 Å². The molecule has 0 saturated carbocycles. The molecule has 2 rings (SSSR count). The van der Waals surface area contributed by atoms with Gasteiger partial charge < -0.3 is 10.5 Å². The Balaban J connectivity index is 2.26. The van der Waals surface area contributed by atoms with Gasteiger partial charge in [0.1, 0.15) is 5.75 Å². The van der Waals surface area contributed by atoms with E-state index in [1.165, 1.54) is 18.3 Å². The Bertz CT molecular complexity index is 574. The van der Waals surface area contributed by atoms with E-state index in [4.69, 9.17) is 10.5 Å². The van der Waals surface area contributed by atoms with Crippen molar-refractivity contribution in [2.75, 3.05) is 0 Å². The van der Waals surface area contributed by atoms with Crippen LogP contribution in [0, 0.1) is 18.6 Å². The van der Waals surface area contributed by atoms with Crippen LogP contribution in [0.3, 0.4) is 0 Å². The monoisotopic (exact) mass is 278 g/mol. The lowest BCUT2D eigenvalue weighted by Gasteiger charge is -2.11. The molecule has 1 atom stereocenters. The Labute approximate surface area is 116 Å². The van der Waals surface area contributed by atoms with Crippen LogP contribution in [0.4, 0.5) is 8.78 Å². The Morgan fingerprint density at radius 1 is 1.25 bits per heavy atom. The van der Waals surface area contributed by atoms with Gasteiger partial charge in [0.2, 0.25) is 0 Å². The van der Waals surface area contributed by atoms with E-state index in [-0.39, 0.29) is 11.8 Å². The van der Waals surface area contributed by atoms with Crippen LogP contribution >= 0.6 is 0 Å². The second-order valence-electron chi connectivity index (χ2n) is 4.81. The summed E-state index contributed by atoms with van der Waals surface area (Å²) in [7, 11) is 0. The van der Waals surface area contributed by atoms with Gasteiger partial charge in [-0.3, -0.25) is 4.98 Å². The van der Waals surface area contributed by atoms with Gasteiger partial charge in [0.25, 0.3) is 0 Å². The lowest BCUT2D eigenvalue weighted by atomic mass is 10.1. The van der Waals surface area contributed by atoms with E-state index < -0.39 is 17.4 Å². The molecule has 2 N–H and O–H groups in total. The van der Waals surface area contributed by atoms with Crippen molar-refractivity contribution in [1.29, 1.82) is 0 Å². The van der Waals surface area contributed by atoms with Crippen LogP contribution in [0.5, 0.6) is 11.5 Å². The van der Waals surface area contributed by atoms with E-state index in [9.17, 15) is 8.78 Å². The second-order valence-corrected chi connectivity index (χ2v) is 4.81. The van der Waals surface area contributed by atoms with Crippen LogP contribution in [0.25, 0.3) is 0 Å². The average Bonchev–Trinajstić information content (AvgIpc) is 2.35. The van der Waals surface area contributed by atoms with Crippen molar-refractivity contribution < 1.29 is 13.5 Å². The van der Waals surface area contributed by atoms with Crippen molar-refractivity contribution in [1.82, 2.24) is 4.98 Å². The molecule has 1 heterocycles. The molecule has 0 saturated heterocycles. The summed E-state index contributed by atoms with van der Waals surface area (Å²) in [5, 5.41) is 0. The van der Waals surface area contributed by atoms with E-state index in [1.807, 2.05) is 6.92 Å². The summed E-state index contributed by atoms with van der Waals surface area (Å²) in [6.07, 6.45) is 1.82. The molecule has 0 bridgehead atoms. The fraction of sp³-hybridized carbons (Fsp3) is 0.267. The predicted octanol–water partition coefficient (Wildman–Crippen LogP) is 3.35. The van der Waals surface area contributed by atoms with Crippen LogP contribution < -0.4 is 10.5 Å². The molecule has 106 valence electrons. The number of pyridine rings is 1. The van der Waals surface area contributed by atoms with Crippen molar-refractivity contribution in [2.24, 2.45) is 5.73 Å². The topological polar surface area (TPSA) is 48.1 Å². The number of aryl methyl sites for hydroxylation is 1. The van der Waals surface area contributed by atoms with Crippen LogP contribution in [-0.4, -0.2) is 11.0 Å². The molecule has 0 radical (unpaired) electrons. The minimum Gasteiger partial charge on any atom is -0.450 e. The summed E-state index contributed by atoms with van der Waals surface area (Å²) in [6.45, 7) is 3.59. The Morgan fingerprint density at radius 3 is 2.40 bits per heavy atom. The van der Waals surface area contributed by atoms with Crippen molar-refractivity contribution in [3.05, 3.63) is 53.4 Å². The van der Waals surface area contributed by atoms with Gasteiger partial charge in [-0.1, -0.05) is 0 Å². The Morgan fingerprint density at radius 2 is 1.90 bits per heavy atom. The highest BCUT2D eigenvalue weighted by Gasteiger charge is 2.14. The molecule has 0 aliphatic heterocycles. The third kappa shape index (κ3) is 3.51. The zero-order valence-corrected chi connectivity index (χ0v) is 11.4. The smallest absolute Gasteiger partial charge is 0.198 e. The first-order valence-electron chi connectivity index (χ1n) is 6.29. The first-order valence-corrected chi connectivity index (χ1v) is 6.29. The molecule has 3 nitrogen and oxygen atoms in total. The maximum absolute atomic E-state index is 13.9. The van der Waals surface area contributed by atoms with Crippen molar-refractivity contribution in [2.45, 2.75) is 26.3 Å². The maximum Gasteiger partial charge on any atom is 0.198 e. The fourth-order valence-corrected chi connectivity index (χ4v) is 1.83. The lowest BCUT2D eigenvalue weighted by molar-refractivity contribution is 0.405. The molecule has 2 aromatic rings. The van der Waals surface area contributed by atoms with Crippen molar-refractivity contribution in [3.8, 4) is 11.5 Å². The molecule has 1 aromatic carbocycles. The summed E-state index contributed by atoms with van der Waals surface area (Å²) >= 11 is 0. The highest BCUT2D eigenvalue weighted by molar-refractivity contribution is 5.35. The highest BCUT2D eigenvalue weighted by atomic mass is 19.1. The lowest BCUT2D eigenvalue weighted by Crippen LogP contribution is -2.18. The van der Waals surface area contributed by atoms with Gasteiger partial charge in [-0.2, -0.15) is 0 Å². The highest BCUT2D eigenvalue weighted by Crippen LogP contribution is 2.28. The normalized spacial score (nSPS) is 12.2.